The van der Waals surface area contributed by atoms with Crippen molar-refractivity contribution in [2.75, 3.05) is 0 Å². The molecule has 0 atom stereocenters. The first kappa shape index (κ1) is 15.1. The van der Waals surface area contributed by atoms with Crippen LogP contribution in [0.5, 0.6) is 0 Å². The molecule has 0 saturated carbocycles. The zero-order valence-electron chi connectivity index (χ0n) is 10.1. The van der Waals surface area contributed by atoms with Gasteiger partial charge in [0.15, 0.2) is 0 Å². The molecule has 2 aromatic rings. The molecule has 20 heavy (non-hydrogen) atoms. The van der Waals surface area contributed by atoms with E-state index in [9.17, 15) is 13.6 Å². The van der Waals surface area contributed by atoms with Crippen LogP contribution in [-0.4, -0.2) is 5.91 Å². The molecule has 1 N–H and O–H groups in total. The van der Waals surface area contributed by atoms with E-state index in [1.54, 1.807) is 6.07 Å². The summed E-state index contributed by atoms with van der Waals surface area (Å²) in [5.41, 5.74) is 0.244. The van der Waals surface area contributed by atoms with Crippen molar-refractivity contribution in [2.45, 2.75) is 6.54 Å². The molecule has 0 fully saturated rings. The molecule has 104 valence electrons. The average Bonchev–Trinajstić information content (AvgIpc) is 2.35. The largest absolute Gasteiger partial charge is 0.348 e. The summed E-state index contributed by atoms with van der Waals surface area (Å²) in [7, 11) is 0. The predicted octanol–water partition coefficient (Wildman–Crippen LogP) is 4.42. The van der Waals surface area contributed by atoms with Crippen molar-refractivity contribution in [1.29, 1.82) is 0 Å². The lowest BCUT2D eigenvalue weighted by Crippen LogP contribution is -2.25. The third kappa shape index (κ3) is 3.64. The molecular weight excluding hydrogens is 396 g/mol. The quantitative estimate of drug-likeness (QED) is 0.805. The summed E-state index contributed by atoms with van der Waals surface area (Å²) in [6.45, 7) is 0.188. The Labute approximate surface area is 131 Å². The topological polar surface area (TPSA) is 29.1 Å². The summed E-state index contributed by atoms with van der Waals surface area (Å²) in [5, 5.41) is 2.49. The molecule has 0 spiro atoms. The highest BCUT2D eigenvalue weighted by atomic mass is 79.9. The molecule has 0 aliphatic carbocycles. The molecule has 0 heterocycles. The SMILES string of the molecule is O=C(NCc1cccc(Br)c1)c1c(F)cc(Br)cc1F. The number of amides is 1. The Morgan fingerprint density at radius 3 is 2.30 bits per heavy atom. The third-order valence-corrected chi connectivity index (χ3v) is 3.53. The van der Waals surface area contributed by atoms with Gasteiger partial charge in [0.1, 0.15) is 17.2 Å². The Hall–Kier alpha value is -1.27. The zero-order chi connectivity index (χ0) is 14.7. The summed E-state index contributed by atoms with van der Waals surface area (Å²) in [6.07, 6.45) is 0. The lowest BCUT2D eigenvalue weighted by Gasteiger charge is -2.08. The first-order valence-electron chi connectivity index (χ1n) is 5.64. The minimum Gasteiger partial charge on any atom is -0.348 e. The number of halogens is 4. The van der Waals surface area contributed by atoms with E-state index in [1.165, 1.54) is 0 Å². The maximum Gasteiger partial charge on any atom is 0.257 e. The monoisotopic (exact) mass is 403 g/mol. The fourth-order valence-corrected chi connectivity index (χ4v) is 2.53. The van der Waals surface area contributed by atoms with Gasteiger partial charge in [0.05, 0.1) is 0 Å². The Morgan fingerprint density at radius 2 is 1.70 bits per heavy atom. The maximum absolute atomic E-state index is 13.6. The first-order valence-corrected chi connectivity index (χ1v) is 7.23. The van der Waals surface area contributed by atoms with Gasteiger partial charge in [-0.3, -0.25) is 4.79 Å². The van der Waals surface area contributed by atoms with E-state index >= 15 is 0 Å². The van der Waals surface area contributed by atoms with Crippen molar-refractivity contribution >= 4 is 37.8 Å². The van der Waals surface area contributed by atoms with E-state index in [0.29, 0.717) is 0 Å². The van der Waals surface area contributed by atoms with E-state index in [-0.39, 0.29) is 11.0 Å². The Morgan fingerprint density at radius 1 is 1.05 bits per heavy atom. The fraction of sp³-hybridized carbons (Fsp3) is 0.0714. The van der Waals surface area contributed by atoms with Gasteiger partial charge in [-0.15, -0.1) is 0 Å². The van der Waals surface area contributed by atoms with Crippen molar-refractivity contribution in [3.05, 3.63) is 68.1 Å². The number of rotatable bonds is 3. The van der Waals surface area contributed by atoms with Crippen LogP contribution in [-0.2, 0) is 6.54 Å². The molecule has 0 aromatic heterocycles. The van der Waals surface area contributed by atoms with Gasteiger partial charge in [0.25, 0.3) is 5.91 Å². The highest BCUT2D eigenvalue weighted by Crippen LogP contribution is 2.19. The van der Waals surface area contributed by atoms with Crippen LogP contribution in [0.3, 0.4) is 0 Å². The van der Waals surface area contributed by atoms with Crippen LogP contribution in [0.15, 0.2) is 45.3 Å². The first-order chi connectivity index (χ1) is 9.47. The number of hydrogen-bond donors (Lipinski definition) is 1. The molecule has 1 amide bonds. The molecule has 0 bridgehead atoms. The van der Waals surface area contributed by atoms with E-state index in [2.05, 4.69) is 37.2 Å². The van der Waals surface area contributed by atoms with E-state index < -0.39 is 23.1 Å². The van der Waals surface area contributed by atoms with Gasteiger partial charge >= 0.3 is 0 Å². The second-order valence-corrected chi connectivity index (χ2v) is 5.89. The molecule has 0 saturated heterocycles. The summed E-state index contributed by atoms with van der Waals surface area (Å²) in [6, 6.07) is 9.38. The molecular formula is C14H9Br2F2NO. The molecule has 2 rings (SSSR count). The van der Waals surface area contributed by atoms with Crippen LogP contribution in [0.1, 0.15) is 15.9 Å². The highest BCUT2D eigenvalue weighted by Gasteiger charge is 2.18. The van der Waals surface area contributed by atoms with Gasteiger partial charge in [-0.25, -0.2) is 8.78 Å². The number of nitrogens with one attached hydrogen (secondary N) is 1. The molecule has 0 aliphatic rings. The van der Waals surface area contributed by atoms with E-state index in [4.69, 9.17) is 0 Å². The molecule has 2 aromatic carbocycles. The predicted molar refractivity (Wildman–Crippen MR) is 79.4 cm³/mol. The average molecular weight is 405 g/mol. The van der Waals surface area contributed by atoms with Crippen LogP contribution in [0.4, 0.5) is 8.78 Å². The normalized spacial score (nSPS) is 10.4. The molecule has 2 nitrogen and oxygen atoms in total. The van der Waals surface area contributed by atoms with Gasteiger partial charge < -0.3 is 5.32 Å². The van der Waals surface area contributed by atoms with Gasteiger partial charge in [0.2, 0.25) is 0 Å². The number of carbonyl (C=O) groups is 1. The minimum absolute atomic E-state index is 0.188. The summed E-state index contributed by atoms with van der Waals surface area (Å²) in [5.74, 6) is -2.58. The highest BCUT2D eigenvalue weighted by molar-refractivity contribution is 9.10. The van der Waals surface area contributed by atoms with Gasteiger partial charge in [-0.1, -0.05) is 44.0 Å². The Kier molecular flexibility index (Phi) is 4.88. The summed E-state index contributed by atoms with van der Waals surface area (Å²) >= 11 is 6.27. The maximum atomic E-state index is 13.6. The number of carbonyl (C=O) groups excluding carboxylic acids is 1. The van der Waals surface area contributed by atoms with Crippen molar-refractivity contribution in [3.8, 4) is 0 Å². The van der Waals surface area contributed by atoms with Crippen LogP contribution in [0.2, 0.25) is 0 Å². The second-order valence-electron chi connectivity index (χ2n) is 4.06. The van der Waals surface area contributed by atoms with Gasteiger partial charge in [0, 0.05) is 15.5 Å². The van der Waals surface area contributed by atoms with Gasteiger partial charge in [-0.2, -0.15) is 0 Å². The van der Waals surface area contributed by atoms with Gasteiger partial charge in [-0.05, 0) is 29.8 Å². The Balaban J connectivity index is 2.13. The van der Waals surface area contributed by atoms with E-state index in [1.807, 2.05) is 18.2 Å². The molecule has 0 aliphatic heterocycles. The summed E-state index contributed by atoms with van der Waals surface area (Å²) < 4.78 is 28.3. The van der Waals surface area contributed by atoms with Crippen LogP contribution >= 0.6 is 31.9 Å². The number of hydrogen-bond acceptors (Lipinski definition) is 1. The minimum atomic E-state index is -0.899. The van der Waals surface area contributed by atoms with Crippen LogP contribution in [0, 0.1) is 11.6 Å². The number of benzene rings is 2. The Bertz CT molecular complexity index is 638. The molecule has 0 radical (unpaired) electrons. The van der Waals surface area contributed by atoms with Crippen molar-refractivity contribution < 1.29 is 13.6 Å². The van der Waals surface area contributed by atoms with Crippen LogP contribution < -0.4 is 5.32 Å². The lowest BCUT2D eigenvalue weighted by atomic mass is 10.1. The molecule has 6 heteroatoms. The smallest absolute Gasteiger partial charge is 0.257 e. The van der Waals surface area contributed by atoms with Crippen molar-refractivity contribution in [1.82, 2.24) is 5.32 Å². The fourth-order valence-electron chi connectivity index (χ4n) is 1.68. The lowest BCUT2D eigenvalue weighted by molar-refractivity contribution is 0.0942. The van der Waals surface area contributed by atoms with Crippen molar-refractivity contribution in [2.24, 2.45) is 0 Å². The zero-order valence-corrected chi connectivity index (χ0v) is 13.3. The third-order valence-electron chi connectivity index (χ3n) is 2.58. The molecule has 0 unspecified atom stereocenters. The second kappa shape index (κ2) is 6.45. The van der Waals surface area contributed by atoms with Crippen LogP contribution in [0.25, 0.3) is 0 Å². The van der Waals surface area contributed by atoms with Crippen molar-refractivity contribution in [3.63, 3.8) is 0 Å². The summed E-state index contributed by atoms with van der Waals surface area (Å²) in [4.78, 5) is 11.8. The van der Waals surface area contributed by atoms with E-state index in [0.717, 1.165) is 22.2 Å². The standard InChI is InChI=1S/C14H9Br2F2NO/c15-9-3-1-2-8(4-9)7-19-14(20)13-11(17)5-10(16)6-12(13)18/h1-6H,7H2,(H,19,20).